The molecule has 2 aliphatic rings. The number of halogens is 4. The number of pyridine rings is 1. The van der Waals surface area contributed by atoms with Crippen molar-refractivity contribution in [1.82, 2.24) is 34.0 Å². The molecule has 10 nitrogen and oxygen atoms in total. The van der Waals surface area contributed by atoms with Crippen LogP contribution in [0.1, 0.15) is 25.6 Å². The van der Waals surface area contributed by atoms with E-state index in [1.807, 2.05) is 0 Å². The van der Waals surface area contributed by atoms with E-state index in [-0.39, 0.29) is 23.0 Å². The van der Waals surface area contributed by atoms with Crippen molar-refractivity contribution in [3.63, 3.8) is 0 Å². The van der Waals surface area contributed by atoms with Crippen molar-refractivity contribution in [2.75, 3.05) is 44.4 Å². The minimum atomic E-state index is -4.37. The predicted octanol–water partition coefficient (Wildman–Crippen LogP) is 4.05. The molecule has 2 fully saturated rings. The molecular formula is C25H32F4N9OP. The summed E-state index contributed by atoms with van der Waals surface area (Å²) in [5.41, 5.74) is 8.14. The van der Waals surface area contributed by atoms with Gasteiger partial charge in [-0.1, -0.05) is 9.24 Å². The van der Waals surface area contributed by atoms with Gasteiger partial charge in [-0.2, -0.15) is 18.2 Å². The van der Waals surface area contributed by atoms with Crippen LogP contribution in [0.2, 0.25) is 0 Å². The van der Waals surface area contributed by atoms with Crippen molar-refractivity contribution in [3.8, 4) is 11.3 Å². The second-order valence-electron chi connectivity index (χ2n) is 10.5. The van der Waals surface area contributed by atoms with E-state index in [1.165, 1.54) is 6.92 Å². The van der Waals surface area contributed by atoms with Gasteiger partial charge in [0.2, 0.25) is 5.95 Å². The number of imidazole rings is 1. The summed E-state index contributed by atoms with van der Waals surface area (Å²) in [6.07, 6.45) is -1.06. The molecule has 15 heteroatoms. The zero-order chi connectivity index (χ0) is 28.9. The van der Waals surface area contributed by atoms with Crippen molar-refractivity contribution >= 4 is 37.7 Å². The highest BCUT2D eigenvalue weighted by atomic mass is 31.0. The highest BCUT2D eigenvalue weighted by Gasteiger charge is 2.44. The van der Waals surface area contributed by atoms with Crippen LogP contribution in [-0.2, 0) is 11.3 Å². The summed E-state index contributed by atoms with van der Waals surface area (Å²) < 4.78 is 60.3. The highest BCUT2D eigenvalue weighted by molar-refractivity contribution is 7.18. The number of ether oxygens (including phenoxy) is 1. The van der Waals surface area contributed by atoms with Crippen LogP contribution in [0.25, 0.3) is 27.9 Å². The first-order chi connectivity index (χ1) is 18.8. The molecule has 3 N–H and O–H groups in total. The van der Waals surface area contributed by atoms with Gasteiger partial charge in [-0.05, 0) is 51.4 Å². The van der Waals surface area contributed by atoms with E-state index in [2.05, 4.69) is 46.4 Å². The number of piperidine rings is 1. The third kappa shape index (κ3) is 5.70. The Balaban J connectivity index is 0.000000207. The Kier molecular flexibility index (Phi) is 7.38. The van der Waals surface area contributed by atoms with Gasteiger partial charge < -0.3 is 20.4 Å². The highest BCUT2D eigenvalue weighted by Crippen LogP contribution is 2.37. The lowest BCUT2D eigenvalue weighted by molar-refractivity contribution is -0.143. The predicted molar refractivity (Wildman–Crippen MR) is 148 cm³/mol. The van der Waals surface area contributed by atoms with E-state index in [0.29, 0.717) is 41.1 Å². The van der Waals surface area contributed by atoms with Crippen LogP contribution in [0.4, 0.5) is 29.3 Å². The fourth-order valence-electron chi connectivity index (χ4n) is 5.14. The SMILES string of the molecule is CC1(N2CCCC(F)(P)C2)COC1.CNc1nc(N)nn2ccc(-c3ccc4nc(C)n(CC(F)(F)F)c4n3)c12. The molecule has 0 spiro atoms. The molecule has 6 rings (SSSR count). The van der Waals surface area contributed by atoms with E-state index in [1.54, 1.807) is 36.0 Å². The molecule has 6 heterocycles. The third-order valence-corrected chi connectivity index (χ3v) is 7.70. The first-order valence-corrected chi connectivity index (χ1v) is 13.4. The van der Waals surface area contributed by atoms with Crippen molar-refractivity contribution in [2.24, 2.45) is 0 Å². The first-order valence-electron chi connectivity index (χ1n) is 12.8. The van der Waals surface area contributed by atoms with Gasteiger partial charge in [0.1, 0.15) is 28.8 Å². The van der Waals surface area contributed by atoms with Gasteiger partial charge in [-0.3, -0.25) is 4.90 Å². The third-order valence-electron chi connectivity index (χ3n) is 7.22. The van der Waals surface area contributed by atoms with Crippen LogP contribution >= 0.6 is 9.24 Å². The summed E-state index contributed by atoms with van der Waals surface area (Å²) >= 11 is 0. The smallest absolute Gasteiger partial charge is 0.377 e. The number of nitrogen functional groups attached to an aromatic ring is 1. The molecule has 0 aromatic carbocycles. The molecule has 0 radical (unpaired) electrons. The van der Waals surface area contributed by atoms with Gasteiger partial charge >= 0.3 is 6.18 Å². The Labute approximate surface area is 230 Å². The average molecular weight is 582 g/mol. The number of nitrogens with zero attached hydrogens (tertiary/aromatic N) is 7. The summed E-state index contributed by atoms with van der Waals surface area (Å²) in [6, 6.07) is 5.12. The molecule has 2 aliphatic heterocycles. The largest absolute Gasteiger partial charge is 0.406 e. The molecule has 2 atom stereocenters. The van der Waals surface area contributed by atoms with Crippen LogP contribution < -0.4 is 11.1 Å². The molecule has 2 saturated heterocycles. The second kappa shape index (κ2) is 10.4. The fourth-order valence-corrected chi connectivity index (χ4v) is 5.56. The van der Waals surface area contributed by atoms with Crippen LogP contribution in [0.3, 0.4) is 0 Å². The van der Waals surface area contributed by atoms with E-state index in [0.717, 1.165) is 30.7 Å². The molecule has 0 saturated carbocycles. The Bertz CT molecular complexity index is 1530. The number of nitrogens with two attached hydrogens (primary N) is 1. The van der Waals surface area contributed by atoms with Gasteiger partial charge in [-0.15, -0.1) is 5.10 Å². The van der Waals surface area contributed by atoms with E-state index in [9.17, 15) is 17.6 Å². The number of rotatable bonds is 4. The maximum Gasteiger partial charge on any atom is 0.406 e. The van der Waals surface area contributed by atoms with E-state index >= 15 is 0 Å². The summed E-state index contributed by atoms with van der Waals surface area (Å²) in [7, 11) is 4.03. The number of likely N-dealkylation sites (tertiary alicyclic amines) is 1. The number of nitrogens with one attached hydrogen (secondary N) is 1. The van der Waals surface area contributed by atoms with Crippen LogP contribution in [0.15, 0.2) is 24.4 Å². The summed E-state index contributed by atoms with van der Waals surface area (Å²) in [4.78, 5) is 15.0. The first kappa shape index (κ1) is 28.4. The minimum absolute atomic E-state index is 0.0938. The van der Waals surface area contributed by atoms with Gasteiger partial charge in [0.05, 0.1) is 24.4 Å². The molecular weight excluding hydrogens is 549 g/mol. The topological polar surface area (TPSA) is 111 Å². The molecule has 0 bridgehead atoms. The Morgan fingerprint density at radius 1 is 1.18 bits per heavy atom. The average Bonchev–Trinajstić information content (AvgIpc) is 3.41. The van der Waals surface area contributed by atoms with Crippen molar-refractivity contribution in [1.29, 1.82) is 0 Å². The number of fused-ring (bicyclic) bond motifs is 2. The lowest BCUT2D eigenvalue weighted by Gasteiger charge is -2.51. The van der Waals surface area contributed by atoms with Gasteiger partial charge in [0.15, 0.2) is 11.5 Å². The lowest BCUT2D eigenvalue weighted by Crippen LogP contribution is -2.63. The zero-order valence-corrected chi connectivity index (χ0v) is 23.6. The molecule has 40 heavy (non-hydrogen) atoms. The van der Waals surface area contributed by atoms with Crippen LogP contribution in [-0.4, -0.2) is 84.5 Å². The van der Waals surface area contributed by atoms with Crippen molar-refractivity contribution < 1.29 is 22.3 Å². The molecule has 4 aromatic heterocycles. The molecule has 4 aromatic rings. The molecule has 216 valence electrons. The van der Waals surface area contributed by atoms with Gasteiger partial charge in [-0.25, -0.2) is 18.9 Å². The van der Waals surface area contributed by atoms with Gasteiger partial charge in [0.25, 0.3) is 0 Å². The minimum Gasteiger partial charge on any atom is -0.377 e. The summed E-state index contributed by atoms with van der Waals surface area (Å²) in [6.45, 7) is 5.60. The molecule has 0 aliphatic carbocycles. The Hall–Kier alpha value is -3.09. The zero-order valence-electron chi connectivity index (χ0n) is 22.5. The second-order valence-corrected chi connectivity index (χ2v) is 11.6. The number of alkyl halides is 4. The maximum absolute atomic E-state index is 13.7. The van der Waals surface area contributed by atoms with E-state index < -0.39 is 18.1 Å². The standard InChI is InChI=1S/C16H15F3N8.C9H17FNOP/c1-8-22-11-4-3-10(23-14(11)26(8)7-16(17,18)19)9-5-6-27-12(9)13(21-2)24-15(20)25-27;1-8(6-12-7-8)11-4-2-3-9(10,13)5-11/h3-6H,7H2,1-2H3,(H3,20,21,24,25);2-7,13H2,1H3. The normalized spacial score (nSPS) is 21.2. The molecule has 2 unspecified atom stereocenters. The van der Waals surface area contributed by atoms with Crippen LogP contribution in [0, 0.1) is 6.92 Å². The van der Waals surface area contributed by atoms with E-state index in [4.69, 9.17) is 10.5 Å². The number of hydrogen-bond donors (Lipinski definition) is 2. The van der Waals surface area contributed by atoms with Crippen molar-refractivity contribution in [3.05, 3.63) is 30.2 Å². The van der Waals surface area contributed by atoms with Gasteiger partial charge in [0, 0.05) is 25.4 Å². The lowest BCUT2D eigenvalue weighted by atomic mass is 9.94. The maximum atomic E-state index is 13.7. The fraction of sp³-hybridized carbons (Fsp3) is 0.520. The number of hydrogen-bond acceptors (Lipinski definition) is 8. The number of anilines is 2. The Morgan fingerprint density at radius 3 is 2.55 bits per heavy atom. The number of aryl methyl sites for hydroxylation is 1. The summed E-state index contributed by atoms with van der Waals surface area (Å²) in [5.74, 6) is 0.835. The Morgan fingerprint density at radius 2 is 1.93 bits per heavy atom. The van der Waals surface area contributed by atoms with Crippen LogP contribution in [0.5, 0.6) is 0 Å². The quantitative estimate of drug-likeness (QED) is 0.275. The number of aromatic nitrogens is 6. The summed E-state index contributed by atoms with van der Waals surface area (Å²) in [5, 5.41) is 5.98. The van der Waals surface area contributed by atoms with Crippen molar-refractivity contribution in [2.45, 2.75) is 50.4 Å². The molecule has 0 amide bonds. The monoisotopic (exact) mass is 581 g/mol.